The number of halogens is 2. The molecule has 0 unspecified atom stereocenters. The van der Waals surface area contributed by atoms with Gasteiger partial charge in [0.25, 0.3) is 0 Å². The second kappa shape index (κ2) is 8.78. The highest BCUT2D eigenvalue weighted by Crippen LogP contribution is 2.14. The van der Waals surface area contributed by atoms with Gasteiger partial charge in [0.15, 0.2) is 0 Å². The van der Waals surface area contributed by atoms with E-state index in [1.165, 1.54) is 0 Å². The molecule has 0 aliphatic rings. The van der Waals surface area contributed by atoms with E-state index in [1.807, 2.05) is 0 Å². The third-order valence-corrected chi connectivity index (χ3v) is 3.31. The molecule has 0 rings (SSSR count). The first kappa shape index (κ1) is 14.5. The predicted molar refractivity (Wildman–Crippen MR) is 63.6 cm³/mol. The fourth-order valence-corrected chi connectivity index (χ4v) is 1.93. The highest BCUT2D eigenvalue weighted by molar-refractivity contribution is 6.22. The van der Waals surface area contributed by atoms with Gasteiger partial charge in [-0.3, -0.25) is 0 Å². The van der Waals surface area contributed by atoms with Crippen molar-refractivity contribution in [3.63, 3.8) is 0 Å². The topological polar surface area (TPSA) is 21.3 Å². The standard InChI is InChI=1S/C10H21Cl2NO/c1-3-6-14-7-5-13-10(4-2,8-11)9-12/h13H,3-9H2,1-2H3. The summed E-state index contributed by atoms with van der Waals surface area (Å²) in [4.78, 5) is 0. The van der Waals surface area contributed by atoms with Gasteiger partial charge in [0.05, 0.1) is 6.61 Å². The molecule has 0 aliphatic carbocycles. The van der Waals surface area contributed by atoms with Gasteiger partial charge in [0, 0.05) is 30.5 Å². The summed E-state index contributed by atoms with van der Waals surface area (Å²) in [5, 5.41) is 3.35. The molecule has 0 aromatic heterocycles. The maximum Gasteiger partial charge on any atom is 0.0591 e. The lowest BCUT2D eigenvalue weighted by Crippen LogP contribution is -2.49. The molecule has 0 aromatic carbocycles. The molecule has 0 amide bonds. The third-order valence-electron chi connectivity index (χ3n) is 2.28. The van der Waals surface area contributed by atoms with Crippen molar-refractivity contribution in [1.29, 1.82) is 0 Å². The van der Waals surface area contributed by atoms with Gasteiger partial charge in [0.2, 0.25) is 0 Å². The Morgan fingerprint density at radius 1 is 1.14 bits per heavy atom. The molecular weight excluding hydrogens is 221 g/mol. The Balaban J connectivity index is 3.61. The van der Waals surface area contributed by atoms with Crippen LogP contribution < -0.4 is 5.32 Å². The monoisotopic (exact) mass is 241 g/mol. The van der Waals surface area contributed by atoms with Crippen LogP contribution in [0.25, 0.3) is 0 Å². The Labute approximate surface area is 97.3 Å². The van der Waals surface area contributed by atoms with Gasteiger partial charge in [-0.2, -0.15) is 0 Å². The molecule has 0 atom stereocenters. The van der Waals surface area contributed by atoms with Crippen LogP contribution in [0.2, 0.25) is 0 Å². The van der Waals surface area contributed by atoms with Gasteiger partial charge < -0.3 is 10.1 Å². The summed E-state index contributed by atoms with van der Waals surface area (Å²) >= 11 is 11.8. The van der Waals surface area contributed by atoms with Crippen LogP contribution in [0.5, 0.6) is 0 Å². The number of hydrogen-bond acceptors (Lipinski definition) is 2. The summed E-state index contributed by atoms with van der Waals surface area (Å²) in [5.41, 5.74) is -0.126. The van der Waals surface area contributed by atoms with Gasteiger partial charge in [-0.1, -0.05) is 13.8 Å². The first-order chi connectivity index (χ1) is 6.74. The molecule has 0 radical (unpaired) electrons. The number of alkyl halides is 2. The van der Waals surface area contributed by atoms with Crippen molar-refractivity contribution in [3.8, 4) is 0 Å². The zero-order valence-electron chi connectivity index (χ0n) is 9.11. The maximum absolute atomic E-state index is 5.88. The smallest absolute Gasteiger partial charge is 0.0591 e. The largest absolute Gasteiger partial charge is 0.380 e. The molecule has 1 N–H and O–H groups in total. The predicted octanol–water partition coefficient (Wildman–Crippen LogP) is 2.63. The normalized spacial score (nSPS) is 12.0. The molecule has 0 saturated heterocycles. The van der Waals surface area contributed by atoms with Gasteiger partial charge in [0.1, 0.15) is 0 Å². The fraction of sp³-hybridized carbons (Fsp3) is 1.00. The van der Waals surface area contributed by atoms with Crippen LogP contribution in [-0.2, 0) is 4.74 Å². The number of nitrogens with one attached hydrogen (secondary N) is 1. The zero-order chi connectivity index (χ0) is 10.9. The molecule has 2 nitrogen and oxygen atoms in total. The number of rotatable bonds is 9. The van der Waals surface area contributed by atoms with Crippen molar-refractivity contribution in [1.82, 2.24) is 5.32 Å². The van der Waals surface area contributed by atoms with Crippen molar-refractivity contribution in [3.05, 3.63) is 0 Å². The molecule has 14 heavy (non-hydrogen) atoms. The van der Waals surface area contributed by atoms with Crippen molar-refractivity contribution in [2.75, 3.05) is 31.5 Å². The van der Waals surface area contributed by atoms with Crippen LogP contribution in [0, 0.1) is 0 Å². The quantitative estimate of drug-likeness (QED) is 0.495. The van der Waals surface area contributed by atoms with E-state index < -0.39 is 0 Å². The molecule has 0 heterocycles. The zero-order valence-corrected chi connectivity index (χ0v) is 10.6. The minimum atomic E-state index is -0.126. The van der Waals surface area contributed by atoms with E-state index in [0.717, 1.165) is 32.6 Å². The van der Waals surface area contributed by atoms with Crippen LogP contribution in [-0.4, -0.2) is 37.1 Å². The minimum absolute atomic E-state index is 0.126. The molecule has 0 aliphatic heterocycles. The number of hydrogen-bond donors (Lipinski definition) is 1. The maximum atomic E-state index is 5.88. The Hall–Kier alpha value is 0.500. The Kier molecular flexibility index (Phi) is 9.09. The summed E-state index contributed by atoms with van der Waals surface area (Å²) in [6.07, 6.45) is 2.00. The third kappa shape index (κ3) is 5.40. The Bertz CT molecular complexity index is 121. The van der Waals surface area contributed by atoms with E-state index in [9.17, 15) is 0 Å². The summed E-state index contributed by atoms with van der Waals surface area (Å²) < 4.78 is 5.36. The van der Waals surface area contributed by atoms with Gasteiger partial charge in [-0.25, -0.2) is 0 Å². The van der Waals surface area contributed by atoms with E-state index in [2.05, 4.69) is 19.2 Å². The molecule has 0 spiro atoms. The van der Waals surface area contributed by atoms with Crippen molar-refractivity contribution >= 4 is 23.2 Å². The van der Waals surface area contributed by atoms with E-state index in [0.29, 0.717) is 11.8 Å². The molecular formula is C10H21Cl2NO. The van der Waals surface area contributed by atoms with E-state index in [-0.39, 0.29) is 5.54 Å². The Morgan fingerprint density at radius 3 is 2.21 bits per heavy atom. The first-order valence-corrected chi connectivity index (χ1v) is 6.26. The van der Waals surface area contributed by atoms with E-state index in [4.69, 9.17) is 27.9 Å². The van der Waals surface area contributed by atoms with Crippen molar-refractivity contribution in [2.45, 2.75) is 32.2 Å². The molecule has 4 heteroatoms. The minimum Gasteiger partial charge on any atom is -0.380 e. The molecule has 86 valence electrons. The lowest BCUT2D eigenvalue weighted by molar-refractivity contribution is 0.130. The fourth-order valence-electron chi connectivity index (χ4n) is 1.08. The summed E-state index contributed by atoms with van der Waals surface area (Å²) in [7, 11) is 0. The molecule has 0 saturated carbocycles. The SMILES string of the molecule is CCCOCCNC(CC)(CCl)CCl. The van der Waals surface area contributed by atoms with Crippen LogP contribution in [0.1, 0.15) is 26.7 Å². The van der Waals surface area contributed by atoms with Crippen LogP contribution in [0.15, 0.2) is 0 Å². The molecule has 0 fully saturated rings. The van der Waals surface area contributed by atoms with Crippen LogP contribution >= 0.6 is 23.2 Å². The lowest BCUT2D eigenvalue weighted by Gasteiger charge is -2.29. The molecule has 0 aromatic rings. The summed E-state index contributed by atoms with van der Waals surface area (Å²) in [5.74, 6) is 1.08. The van der Waals surface area contributed by atoms with Gasteiger partial charge in [-0.05, 0) is 12.8 Å². The van der Waals surface area contributed by atoms with Crippen LogP contribution in [0.3, 0.4) is 0 Å². The van der Waals surface area contributed by atoms with Gasteiger partial charge in [-0.15, -0.1) is 23.2 Å². The first-order valence-electron chi connectivity index (χ1n) is 5.19. The van der Waals surface area contributed by atoms with Crippen molar-refractivity contribution < 1.29 is 4.74 Å². The highest BCUT2D eigenvalue weighted by atomic mass is 35.5. The van der Waals surface area contributed by atoms with Gasteiger partial charge >= 0.3 is 0 Å². The van der Waals surface area contributed by atoms with Crippen molar-refractivity contribution in [2.24, 2.45) is 0 Å². The average Bonchev–Trinajstić information content (AvgIpc) is 2.24. The highest BCUT2D eigenvalue weighted by Gasteiger charge is 2.24. The second-order valence-corrected chi connectivity index (χ2v) is 3.97. The van der Waals surface area contributed by atoms with Crippen LogP contribution in [0.4, 0.5) is 0 Å². The lowest BCUT2D eigenvalue weighted by atomic mass is 10.0. The summed E-state index contributed by atoms with van der Waals surface area (Å²) in [6.45, 7) is 6.55. The van der Waals surface area contributed by atoms with E-state index >= 15 is 0 Å². The summed E-state index contributed by atoms with van der Waals surface area (Å²) in [6, 6.07) is 0. The number of ether oxygens (including phenoxy) is 1. The second-order valence-electron chi connectivity index (χ2n) is 3.44. The average molecular weight is 242 g/mol. The Morgan fingerprint density at radius 2 is 1.79 bits per heavy atom. The van der Waals surface area contributed by atoms with E-state index in [1.54, 1.807) is 0 Å². The molecule has 0 bridgehead atoms.